The van der Waals surface area contributed by atoms with Crippen molar-refractivity contribution in [1.82, 2.24) is 5.32 Å². The van der Waals surface area contributed by atoms with Crippen molar-refractivity contribution < 1.29 is 4.79 Å². The highest BCUT2D eigenvalue weighted by atomic mass is 32.2. The Morgan fingerprint density at radius 3 is 2.95 bits per heavy atom. The van der Waals surface area contributed by atoms with Gasteiger partial charge >= 0.3 is 0 Å². The standard InChI is InChI=1S/C14H23N3OS/c1-3-16-10-11-5-4-6-12(9-11)17-14(18)13(15)7-8-19-2/h4-6,9,13,16H,3,7-8,10,15H2,1-2H3,(H,17,18)/t13-/m0/s1. The molecule has 4 N–H and O–H groups in total. The number of thioether (sulfide) groups is 1. The third kappa shape index (κ3) is 6.09. The second kappa shape index (κ2) is 8.96. The number of hydrogen-bond acceptors (Lipinski definition) is 4. The van der Waals surface area contributed by atoms with Crippen LogP contribution in [-0.2, 0) is 11.3 Å². The van der Waals surface area contributed by atoms with Gasteiger partial charge in [0.25, 0.3) is 0 Å². The number of benzene rings is 1. The molecule has 0 heterocycles. The first-order chi connectivity index (χ1) is 9.17. The molecule has 1 aromatic carbocycles. The number of anilines is 1. The van der Waals surface area contributed by atoms with E-state index >= 15 is 0 Å². The van der Waals surface area contributed by atoms with Crippen molar-refractivity contribution in [2.24, 2.45) is 5.73 Å². The van der Waals surface area contributed by atoms with Crippen molar-refractivity contribution in [3.05, 3.63) is 29.8 Å². The SMILES string of the molecule is CCNCc1cccc(NC(=O)[C@@H](N)CCSC)c1. The molecule has 0 saturated heterocycles. The van der Waals surface area contributed by atoms with E-state index in [4.69, 9.17) is 5.73 Å². The highest BCUT2D eigenvalue weighted by Gasteiger charge is 2.12. The van der Waals surface area contributed by atoms with E-state index in [0.717, 1.165) is 30.1 Å². The topological polar surface area (TPSA) is 67.1 Å². The van der Waals surface area contributed by atoms with Crippen molar-refractivity contribution in [2.45, 2.75) is 25.9 Å². The van der Waals surface area contributed by atoms with E-state index in [9.17, 15) is 4.79 Å². The first-order valence-electron chi connectivity index (χ1n) is 6.52. The van der Waals surface area contributed by atoms with Gasteiger partial charge in [0, 0.05) is 12.2 Å². The smallest absolute Gasteiger partial charge is 0.241 e. The zero-order valence-electron chi connectivity index (χ0n) is 11.6. The maximum absolute atomic E-state index is 11.9. The molecule has 106 valence electrons. The van der Waals surface area contributed by atoms with Crippen molar-refractivity contribution in [2.75, 3.05) is 23.9 Å². The summed E-state index contributed by atoms with van der Waals surface area (Å²) in [6.07, 6.45) is 2.71. The summed E-state index contributed by atoms with van der Waals surface area (Å²) in [6.45, 7) is 3.80. The third-order valence-electron chi connectivity index (χ3n) is 2.74. The largest absolute Gasteiger partial charge is 0.325 e. The minimum atomic E-state index is -0.440. The lowest BCUT2D eigenvalue weighted by atomic mass is 10.1. The first-order valence-corrected chi connectivity index (χ1v) is 7.91. The van der Waals surface area contributed by atoms with Gasteiger partial charge in [-0.15, -0.1) is 0 Å². The van der Waals surface area contributed by atoms with Gasteiger partial charge < -0.3 is 16.4 Å². The van der Waals surface area contributed by atoms with Gasteiger partial charge in [-0.3, -0.25) is 4.79 Å². The quantitative estimate of drug-likeness (QED) is 0.680. The number of amides is 1. The zero-order valence-corrected chi connectivity index (χ0v) is 12.4. The fourth-order valence-corrected chi connectivity index (χ4v) is 2.13. The van der Waals surface area contributed by atoms with E-state index in [-0.39, 0.29) is 5.91 Å². The summed E-state index contributed by atoms with van der Waals surface area (Å²) < 4.78 is 0. The minimum Gasteiger partial charge on any atom is -0.325 e. The van der Waals surface area contributed by atoms with E-state index in [0.29, 0.717) is 6.42 Å². The molecule has 0 aliphatic heterocycles. The minimum absolute atomic E-state index is 0.116. The monoisotopic (exact) mass is 281 g/mol. The Labute approximate surface area is 119 Å². The van der Waals surface area contributed by atoms with Crippen LogP contribution in [0, 0.1) is 0 Å². The molecule has 0 radical (unpaired) electrons. The molecular formula is C14H23N3OS. The van der Waals surface area contributed by atoms with Gasteiger partial charge in [0.2, 0.25) is 5.91 Å². The third-order valence-corrected chi connectivity index (χ3v) is 3.39. The molecule has 0 unspecified atom stereocenters. The van der Waals surface area contributed by atoms with Gasteiger partial charge in [-0.05, 0) is 42.7 Å². The van der Waals surface area contributed by atoms with Crippen LogP contribution in [-0.4, -0.2) is 30.5 Å². The fraction of sp³-hybridized carbons (Fsp3) is 0.500. The zero-order chi connectivity index (χ0) is 14.1. The lowest BCUT2D eigenvalue weighted by Crippen LogP contribution is -2.36. The number of rotatable bonds is 8. The van der Waals surface area contributed by atoms with Crippen LogP contribution in [0.2, 0.25) is 0 Å². The number of carbonyl (C=O) groups is 1. The van der Waals surface area contributed by atoms with Gasteiger partial charge in [0.15, 0.2) is 0 Å². The molecule has 1 amide bonds. The number of nitrogens with two attached hydrogens (primary N) is 1. The Bertz CT molecular complexity index is 398. The predicted molar refractivity (Wildman–Crippen MR) is 83.4 cm³/mol. The van der Waals surface area contributed by atoms with Crippen LogP contribution in [0.25, 0.3) is 0 Å². The number of carbonyl (C=O) groups excluding carboxylic acids is 1. The Balaban J connectivity index is 2.53. The van der Waals surface area contributed by atoms with Crippen molar-refractivity contribution in [1.29, 1.82) is 0 Å². The Morgan fingerprint density at radius 2 is 2.26 bits per heavy atom. The maximum atomic E-state index is 11.9. The molecule has 1 atom stereocenters. The van der Waals surface area contributed by atoms with Crippen LogP contribution >= 0.6 is 11.8 Å². The second-order valence-electron chi connectivity index (χ2n) is 4.36. The molecule has 0 fully saturated rings. The molecule has 0 bridgehead atoms. The summed E-state index contributed by atoms with van der Waals surface area (Å²) in [5.74, 6) is 0.782. The molecule has 0 spiro atoms. The van der Waals surface area contributed by atoms with Crippen LogP contribution in [0.4, 0.5) is 5.69 Å². The molecule has 1 aromatic rings. The normalized spacial score (nSPS) is 12.2. The fourth-order valence-electron chi connectivity index (χ4n) is 1.64. The summed E-state index contributed by atoms with van der Waals surface area (Å²) in [5.41, 5.74) is 7.79. The Morgan fingerprint density at radius 1 is 1.47 bits per heavy atom. The predicted octanol–water partition coefficient (Wildman–Crippen LogP) is 1.82. The lowest BCUT2D eigenvalue weighted by Gasteiger charge is -2.12. The molecular weight excluding hydrogens is 258 g/mol. The molecule has 5 heteroatoms. The molecule has 0 aromatic heterocycles. The van der Waals surface area contributed by atoms with Gasteiger partial charge in [-0.1, -0.05) is 19.1 Å². The number of hydrogen-bond donors (Lipinski definition) is 3. The van der Waals surface area contributed by atoms with E-state index in [1.807, 2.05) is 30.5 Å². The van der Waals surface area contributed by atoms with E-state index in [2.05, 4.69) is 17.6 Å². The van der Waals surface area contributed by atoms with Crippen LogP contribution in [0.1, 0.15) is 18.9 Å². The Kier molecular flexibility index (Phi) is 7.55. The molecule has 0 aliphatic carbocycles. The van der Waals surface area contributed by atoms with Crippen molar-refractivity contribution in [3.63, 3.8) is 0 Å². The van der Waals surface area contributed by atoms with Crippen LogP contribution in [0.15, 0.2) is 24.3 Å². The summed E-state index contributed by atoms with van der Waals surface area (Å²) in [5, 5.41) is 6.12. The summed E-state index contributed by atoms with van der Waals surface area (Å²) in [4.78, 5) is 11.9. The van der Waals surface area contributed by atoms with Crippen LogP contribution < -0.4 is 16.4 Å². The Hall–Kier alpha value is -1.04. The van der Waals surface area contributed by atoms with Crippen LogP contribution in [0.3, 0.4) is 0 Å². The maximum Gasteiger partial charge on any atom is 0.241 e. The van der Waals surface area contributed by atoms with Gasteiger partial charge in [-0.25, -0.2) is 0 Å². The second-order valence-corrected chi connectivity index (χ2v) is 5.34. The first kappa shape index (κ1) is 16.0. The van der Waals surface area contributed by atoms with E-state index in [1.165, 1.54) is 0 Å². The van der Waals surface area contributed by atoms with Crippen molar-refractivity contribution in [3.8, 4) is 0 Å². The highest BCUT2D eigenvalue weighted by Crippen LogP contribution is 2.11. The molecule has 4 nitrogen and oxygen atoms in total. The number of nitrogens with one attached hydrogen (secondary N) is 2. The van der Waals surface area contributed by atoms with Crippen LogP contribution in [0.5, 0.6) is 0 Å². The summed E-state index contributed by atoms with van der Waals surface area (Å²) in [7, 11) is 0. The van der Waals surface area contributed by atoms with Gasteiger partial charge in [0.1, 0.15) is 0 Å². The molecule has 0 aliphatic rings. The molecule has 0 saturated carbocycles. The van der Waals surface area contributed by atoms with Crippen molar-refractivity contribution >= 4 is 23.4 Å². The van der Waals surface area contributed by atoms with E-state index in [1.54, 1.807) is 11.8 Å². The molecule has 19 heavy (non-hydrogen) atoms. The average Bonchev–Trinajstić information content (AvgIpc) is 2.42. The highest BCUT2D eigenvalue weighted by molar-refractivity contribution is 7.98. The molecule has 1 rings (SSSR count). The average molecular weight is 281 g/mol. The van der Waals surface area contributed by atoms with E-state index < -0.39 is 6.04 Å². The van der Waals surface area contributed by atoms with Gasteiger partial charge in [0.05, 0.1) is 6.04 Å². The summed E-state index contributed by atoms with van der Waals surface area (Å²) in [6, 6.07) is 7.39. The lowest BCUT2D eigenvalue weighted by molar-refractivity contribution is -0.117. The summed E-state index contributed by atoms with van der Waals surface area (Å²) >= 11 is 1.70. The van der Waals surface area contributed by atoms with Gasteiger partial charge in [-0.2, -0.15) is 11.8 Å².